The molecule has 1 N–H and O–H groups in total. The number of nitrogens with zero attached hydrogens (tertiary/aromatic N) is 1. The van der Waals surface area contributed by atoms with E-state index >= 15 is 0 Å². The Morgan fingerprint density at radius 1 is 1.20 bits per heavy atom. The van der Waals surface area contributed by atoms with Gasteiger partial charge in [-0.1, -0.05) is 37.3 Å². The van der Waals surface area contributed by atoms with Gasteiger partial charge >= 0.3 is 0 Å². The molecule has 20 heavy (non-hydrogen) atoms. The van der Waals surface area contributed by atoms with Crippen molar-refractivity contribution < 1.29 is 4.39 Å². The minimum absolute atomic E-state index is 0.337. The van der Waals surface area contributed by atoms with E-state index in [0.717, 1.165) is 13.0 Å². The topological polar surface area (TPSA) is 35.8 Å². The molecule has 0 aliphatic heterocycles. The minimum Gasteiger partial charge on any atom is -0.385 e. The first-order chi connectivity index (χ1) is 9.69. The lowest BCUT2D eigenvalue weighted by atomic mass is 9.98. The first-order valence-electron chi connectivity index (χ1n) is 6.68. The summed E-state index contributed by atoms with van der Waals surface area (Å²) in [6.45, 7) is 2.91. The maximum absolute atomic E-state index is 13.3. The third kappa shape index (κ3) is 3.83. The van der Waals surface area contributed by atoms with Gasteiger partial charge in [0.25, 0.3) is 0 Å². The van der Waals surface area contributed by atoms with Crippen LogP contribution < -0.4 is 5.32 Å². The van der Waals surface area contributed by atoms with E-state index in [9.17, 15) is 4.39 Å². The smallest absolute Gasteiger partial charge is 0.126 e. The Hall–Kier alpha value is -2.34. The molecular weight excluding hydrogens is 251 g/mol. The van der Waals surface area contributed by atoms with Crippen LogP contribution in [0.25, 0.3) is 0 Å². The lowest BCUT2D eigenvalue weighted by molar-refractivity contribution is 0.627. The fourth-order valence-electron chi connectivity index (χ4n) is 2.14. The van der Waals surface area contributed by atoms with Gasteiger partial charge in [-0.2, -0.15) is 5.26 Å². The van der Waals surface area contributed by atoms with Gasteiger partial charge in [-0.3, -0.25) is 0 Å². The second kappa shape index (κ2) is 6.72. The Bertz CT molecular complexity index is 602. The molecule has 0 amide bonds. The molecular formula is C17H17FN2. The predicted molar refractivity (Wildman–Crippen MR) is 79.1 cm³/mol. The molecule has 0 heterocycles. The summed E-state index contributed by atoms with van der Waals surface area (Å²) in [6, 6.07) is 16.6. The third-order valence-electron chi connectivity index (χ3n) is 3.30. The van der Waals surface area contributed by atoms with Crippen molar-refractivity contribution in [2.75, 3.05) is 11.9 Å². The quantitative estimate of drug-likeness (QED) is 0.877. The van der Waals surface area contributed by atoms with Crippen molar-refractivity contribution >= 4 is 5.69 Å². The highest BCUT2D eigenvalue weighted by Gasteiger charge is 2.05. The molecule has 0 radical (unpaired) electrons. The molecule has 3 heteroatoms. The van der Waals surface area contributed by atoms with Crippen LogP contribution in [0.2, 0.25) is 0 Å². The van der Waals surface area contributed by atoms with Crippen LogP contribution in [-0.4, -0.2) is 6.54 Å². The number of hydrogen-bond acceptors (Lipinski definition) is 2. The number of hydrogen-bond donors (Lipinski definition) is 1. The Labute approximate surface area is 118 Å². The molecule has 1 atom stereocenters. The summed E-state index contributed by atoms with van der Waals surface area (Å²) in [7, 11) is 0. The van der Waals surface area contributed by atoms with E-state index in [2.05, 4.69) is 24.4 Å². The van der Waals surface area contributed by atoms with Crippen LogP contribution in [0.4, 0.5) is 10.1 Å². The van der Waals surface area contributed by atoms with Crippen molar-refractivity contribution in [3.63, 3.8) is 0 Å². The molecule has 0 bridgehead atoms. The first kappa shape index (κ1) is 14.1. The van der Waals surface area contributed by atoms with Gasteiger partial charge in [0.05, 0.1) is 11.6 Å². The summed E-state index contributed by atoms with van der Waals surface area (Å²) in [5.41, 5.74) is 2.29. The SMILES string of the molecule is CC(CCNc1cc(F)cc(C#N)c1)c1ccccc1. The molecule has 0 spiro atoms. The molecule has 0 saturated heterocycles. The number of rotatable bonds is 5. The van der Waals surface area contributed by atoms with Gasteiger partial charge in [0.1, 0.15) is 5.82 Å². The third-order valence-corrected chi connectivity index (χ3v) is 3.30. The zero-order valence-corrected chi connectivity index (χ0v) is 11.4. The monoisotopic (exact) mass is 268 g/mol. The van der Waals surface area contributed by atoms with Crippen molar-refractivity contribution in [3.8, 4) is 6.07 Å². The number of anilines is 1. The molecule has 0 aromatic heterocycles. The summed E-state index contributed by atoms with van der Waals surface area (Å²) < 4.78 is 13.3. The van der Waals surface area contributed by atoms with Crippen LogP contribution in [0.1, 0.15) is 30.4 Å². The van der Waals surface area contributed by atoms with Crippen molar-refractivity contribution in [1.29, 1.82) is 5.26 Å². The normalized spacial score (nSPS) is 11.7. The summed E-state index contributed by atoms with van der Waals surface area (Å²) in [4.78, 5) is 0. The van der Waals surface area contributed by atoms with Gasteiger partial charge in [0.15, 0.2) is 0 Å². The van der Waals surface area contributed by atoms with Gasteiger partial charge in [0.2, 0.25) is 0 Å². The molecule has 2 nitrogen and oxygen atoms in total. The molecule has 0 fully saturated rings. The molecule has 2 aromatic rings. The van der Waals surface area contributed by atoms with Crippen LogP contribution in [0.3, 0.4) is 0 Å². The summed E-state index contributed by atoms with van der Waals surface area (Å²) in [6.07, 6.45) is 0.947. The average molecular weight is 268 g/mol. The molecule has 0 saturated carbocycles. The zero-order chi connectivity index (χ0) is 14.4. The van der Waals surface area contributed by atoms with Gasteiger partial charge in [-0.05, 0) is 36.1 Å². The number of benzene rings is 2. The molecule has 2 aromatic carbocycles. The molecule has 2 rings (SSSR count). The van der Waals surface area contributed by atoms with E-state index in [1.807, 2.05) is 24.3 Å². The first-order valence-corrected chi connectivity index (χ1v) is 6.68. The van der Waals surface area contributed by atoms with E-state index in [1.54, 1.807) is 6.07 Å². The van der Waals surface area contributed by atoms with Crippen LogP contribution in [0.5, 0.6) is 0 Å². The van der Waals surface area contributed by atoms with E-state index < -0.39 is 0 Å². The lowest BCUT2D eigenvalue weighted by Gasteiger charge is -2.13. The van der Waals surface area contributed by atoms with E-state index in [-0.39, 0.29) is 5.82 Å². The maximum atomic E-state index is 13.3. The van der Waals surface area contributed by atoms with Crippen molar-refractivity contribution in [1.82, 2.24) is 0 Å². The Morgan fingerprint density at radius 3 is 2.65 bits per heavy atom. The van der Waals surface area contributed by atoms with Gasteiger partial charge in [0, 0.05) is 12.2 Å². The fourth-order valence-corrected chi connectivity index (χ4v) is 2.14. The summed E-state index contributed by atoms with van der Waals surface area (Å²) >= 11 is 0. The Kier molecular flexibility index (Phi) is 4.73. The van der Waals surface area contributed by atoms with Crippen LogP contribution >= 0.6 is 0 Å². The van der Waals surface area contributed by atoms with Crippen LogP contribution in [-0.2, 0) is 0 Å². The van der Waals surface area contributed by atoms with Gasteiger partial charge < -0.3 is 5.32 Å². The van der Waals surface area contributed by atoms with Crippen molar-refractivity contribution in [3.05, 3.63) is 65.5 Å². The highest BCUT2D eigenvalue weighted by Crippen LogP contribution is 2.19. The summed E-state index contributed by atoms with van der Waals surface area (Å²) in [5, 5.41) is 12.0. The van der Waals surface area contributed by atoms with E-state index in [1.165, 1.54) is 17.7 Å². The van der Waals surface area contributed by atoms with Crippen molar-refractivity contribution in [2.45, 2.75) is 19.3 Å². The highest BCUT2D eigenvalue weighted by molar-refractivity contribution is 5.49. The maximum Gasteiger partial charge on any atom is 0.126 e. The number of nitriles is 1. The van der Waals surface area contributed by atoms with E-state index in [4.69, 9.17) is 5.26 Å². The van der Waals surface area contributed by atoms with Gasteiger partial charge in [-0.25, -0.2) is 4.39 Å². The largest absolute Gasteiger partial charge is 0.385 e. The molecule has 1 unspecified atom stereocenters. The number of halogens is 1. The Balaban J connectivity index is 1.90. The minimum atomic E-state index is -0.386. The van der Waals surface area contributed by atoms with Crippen LogP contribution in [0, 0.1) is 17.1 Å². The number of nitrogens with one attached hydrogen (secondary N) is 1. The Morgan fingerprint density at radius 2 is 1.95 bits per heavy atom. The summed E-state index contributed by atoms with van der Waals surface area (Å²) in [5.74, 6) is 0.0513. The van der Waals surface area contributed by atoms with Crippen LogP contribution in [0.15, 0.2) is 48.5 Å². The molecule has 0 aliphatic rings. The molecule has 0 aliphatic carbocycles. The van der Waals surface area contributed by atoms with E-state index in [0.29, 0.717) is 17.2 Å². The molecule has 102 valence electrons. The zero-order valence-electron chi connectivity index (χ0n) is 11.4. The lowest BCUT2D eigenvalue weighted by Crippen LogP contribution is -2.06. The van der Waals surface area contributed by atoms with Crippen molar-refractivity contribution in [2.24, 2.45) is 0 Å². The second-order valence-electron chi connectivity index (χ2n) is 4.87. The standard InChI is InChI=1S/C17H17FN2/c1-13(15-5-3-2-4-6-15)7-8-20-17-10-14(12-19)9-16(18)11-17/h2-6,9-11,13,20H,7-8H2,1H3. The average Bonchev–Trinajstić information content (AvgIpc) is 2.47. The predicted octanol–water partition coefficient (Wildman–Crippen LogP) is 4.30. The second-order valence-corrected chi connectivity index (χ2v) is 4.87. The highest BCUT2D eigenvalue weighted by atomic mass is 19.1. The fraction of sp³-hybridized carbons (Fsp3) is 0.235. The van der Waals surface area contributed by atoms with Gasteiger partial charge in [-0.15, -0.1) is 0 Å².